The molecule has 2 aromatic rings. The molecule has 1 aliphatic rings. The fraction of sp³-hybridized carbons (Fsp3) is 0.462. The molecule has 1 aromatic heterocycles. The SMILES string of the molecule is CCCCCOc1ccc(C=CC(=O)Nc2sc3c(c2C(=O)OC)CCC(C)C3)cc1OC. The summed E-state index contributed by atoms with van der Waals surface area (Å²) in [5.74, 6) is 1.18. The van der Waals surface area contributed by atoms with Gasteiger partial charge in [0.1, 0.15) is 5.00 Å². The summed E-state index contributed by atoms with van der Waals surface area (Å²) in [6.45, 7) is 5.01. The Balaban J connectivity index is 1.71. The lowest BCUT2D eigenvalue weighted by molar-refractivity contribution is -0.111. The Morgan fingerprint density at radius 1 is 1.21 bits per heavy atom. The Kier molecular flexibility index (Phi) is 8.95. The third-order valence-electron chi connectivity index (χ3n) is 5.76. The minimum atomic E-state index is -0.402. The summed E-state index contributed by atoms with van der Waals surface area (Å²) in [4.78, 5) is 26.2. The molecule has 0 radical (unpaired) electrons. The van der Waals surface area contributed by atoms with Crippen molar-refractivity contribution < 1.29 is 23.8 Å². The van der Waals surface area contributed by atoms with Crippen molar-refractivity contribution in [2.45, 2.75) is 52.4 Å². The maximum atomic E-state index is 12.7. The first kappa shape index (κ1) is 24.8. The summed E-state index contributed by atoms with van der Waals surface area (Å²) < 4.78 is 16.2. The number of hydrogen-bond donors (Lipinski definition) is 1. The number of carbonyl (C=O) groups is 2. The number of thiophene rings is 1. The molecule has 0 fully saturated rings. The molecule has 0 spiro atoms. The lowest BCUT2D eigenvalue weighted by Crippen LogP contribution is -2.14. The molecule has 3 rings (SSSR count). The number of carbonyl (C=O) groups excluding carboxylic acids is 2. The smallest absolute Gasteiger partial charge is 0.341 e. The third-order valence-corrected chi connectivity index (χ3v) is 6.93. The van der Waals surface area contributed by atoms with Gasteiger partial charge in [0.25, 0.3) is 0 Å². The summed E-state index contributed by atoms with van der Waals surface area (Å²) >= 11 is 1.48. The summed E-state index contributed by atoms with van der Waals surface area (Å²) in [7, 11) is 2.97. The van der Waals surface area contributed by atoms with Crippen molar-refractivity contribution in [1.29, 1.82) is 0 Å². The molecular weight excluding hydrogens is 438 g/mol. The van der Waals surface area contributed by atoms with Crippen molar-refractivity contribution in [3.63, 3.8) is 0 Å². The maximum absolute atomic E-state index is 12.7. The van der Waals surface area contributed by atoms with Gasteiger partial charge >= 0.3 is 5.97 Å². The monoisotopic (exact) mass is 471 g/mol. The number of anilines is 1. The Labute approximate surface area is 199 Å². The number of methoxy groups -OCH3 is 2. The largest absolute Gasteiger partial charge is 0.493 e. The molecule has 0 aliphatic heterocycles. The zero-order valence-corrected chi connectivity index (χ0v) is 20.7. The summed E-state index contributed by atoms with van der Waals surface area (Å²) in [5, 5.41) is 3.44. The highest BCUT2D eigenvalue weighted by molar-refractivity contribution is 7.17. The van der Waals surface area contributed by atoms with Gasteiger partial charge in [0.05, 0.1) is 26.4 Å². The Bertz CT molecular complexity index is 1010. The van der Waals surface area contributed by atoms with Crippen LogP contribution in [0.4, 0.5) is 5.00 Å². The number of hydrogen-bond acceptors (Lipinski definition) is 6. The van der Waals surface area contributed by atoms with E-state index in [2.05, 4.69) is 19.2 Å². The van der Waals surface area contributed by atoms with Gasteiger partial charge < -0.3 is 19.5 Å². The van der Waals surface area contributed by atoms with Crippen LogP contribution in [0.3, 0.4) is 0 Å². The topological polar surface area (TPSA) is 73.9 Å². The molecule has 0 bridgehead atoms. The van der Waals surface area contributed by atoms with Gasteiger partial charge in [-0.05, 0) is 60.9 Å². The van der Waals surface area contributed by atoms with Gasteiger partial charge in [0, 0.05) is 11.0 Å². The zero-order valence-electron chi connectivity index (χ0n) is 19.9. The first-order chi connectivity index (χ1) is 16.0. The van der Waals surface area contributed by atoms with Crippen LogP contribution >= 0.6 is 11.3 Å². The predicted molar refractivity (Wildman–Crippen MR) is 133 cm³/mol. The minimum absolute atomic E-state index is 0.300. The summed E-state index contributed by atoms with van der Waals surface area (Å²) in [6, 6.07) is 5.57. The lowest BCUT2D eigenvalue weighted by Gasteiger charge is -2.18. The molecule has 6 nitrogen and oxygen atoms in total. The normalized spacial score (nSPS) is 15.2. The van der Waals surface area contributed by atoms with Crippen LogP contribution in [0.15, 0.2) is 24.3 Å². The number of benzene rings is 1. The number of nitrogens with one attached hydrogen (secondary N) is 1. The van der Waals surface area contributed by atoms with Crippen molar-refractivity contribution in [3.8, 4) is 11.5 Å². The molecule has 178 valence electrons. The summed E-state index contributed by atoms with van der Waals surface area (Å²) in [5.41, 5.74) is 2.33. The average molecular weight is 472 g/mol. The molecule has 1 aliphatic carbocycles. The quantitative estimate of drug-likeness (QED) is 0.266. The molecule has 1 heterocycles. The van der Waals surface area contributed by atoms with E-state index in [4.69, 9.17) is 14.2 Å². The van der Waals surface area contributed by atoms with Gasteiger partial charge in [-0.1, -0.05) is 32.8 Å². The van der Waals surface area contributed by atoms with E-state index in [0.29, 0.717) is 34.6 Å². The van der Waals surface area contributed by atoms with E-state index in [1.54, 1.807) is 13.2 Å². The van der Waals surface area contributed by atoms with Gasteiger partial charge in [-0.3, -0.25) is 4.79 Å². The van der Waals surface area contributed by atoms with Crippen molar-refractivity contribution in [3.05, 3.63) is 45.8 Å². The second kappa shape index (κ2) is 11.9. The summed E-state index contributed by atoms with van der Waals surface area (Å²) in [6.07, 6.45) is 9.22. The molecule has 1 aromatic carbocycles. The van der Waals surface area contributed by atoms with E-state index in [1.165, 1.54) is 24.5 Å². The molecule has 0 saturated carbocycles. The van der Waals surface area contributed by atoms with E-state index in [-0.39, 0.29) is 5.91 Å². The van der Waals surface area contributed by atoms with E-state index in [0.717, 1.165) is 54.5 Å². The molecular formula is C26H33NO5S. The first-order valence-corrected chi connectivity index (χ1v) is 12.3. The molecule has 1 amide bonds. The molecule has 1 atom stereocenters. The number of esters is 1. The second-order valence-electron chi connectivity index (χ2n) is 8.34. The second-order valence-corrected chi connectivity index (χ2v) is 9.44. The fourth-order valence-electron chi connectivity index (χ4n) is 3.92. The van der Waals surface area contributed by atoms with Crippen LogP contribution in [0.5, 0.6) is 11.5 Å². The molecule has 1 N–H and O–H groups in total. The van der Waals surface area contributed by atoms with Crippen LogP contribution in [0, 0.1) is 5.92 Å². The third kappa shape index (κ3) is 6.38. The first-order valence-electron chi connectivity index (χ1n) is 11.5. The fourth-order valence-corrected chi connectivity index (χ4v) is 5.33. The van der Waals surface area contributed by atoms with E-state index < -0.39 is 5.97 Å². The van der Waals surface area contributed by atoms with Gasteiger partial charge in [0.2, 0.25) is 5.91 Å². The van der Waals surface area contributed by atoms with Crippen molar-refractivity contribution in [1.82, 2.24) is 0 Å². The molecule has 1 unspecified atom stereocenters. The van der Waals surface area contributed by atoms with Gasteiger partial charge in [-0.25, -0.2) is 4.79 Å². The zero-order chi connectivity index (χ0) is 23.8. The molecule has 0 saturated heterocycles. The highest BCUT2D eigenvalue weighted by Gasteiger charge is 2.28. The Hall–Kier alpha value is -2.80. The number of unbranched alkanes of at least 4 members (excludes halogenated alkanes) is 2. The Morgan fingerprint density at radius 3 is 2.76 bits per heavy atom. The van der Waals surface area contributed by atoms with Crippen LogP contribution in [-0.2, 0) is 22.4 Å². The Morgan fingerprint density at radius 2 is 2.03 bits per heavy atom. The van der Waals surface area contributed by atoms with Crippen LogP contribution in [0.2, 0.25) is 0 Å². The van der Waals surface area contributed by atoms with Crippen LogP contribution < -0.4 is 14.8 Å². The van der Waals surface area contributed by atoms with Crippen molar-refractivity contribution in [2.75, 3.05) is 26.1 Å². The van der Waals surface area contributed by atoms with Crippen molar-refractivity contribution in [2.24, 2.45) is 5.92 Å². The van der Waals surface area contributed by atoms with Crippen molar-refractivity contribution >= 4 is 34.3 Å². The van der Waals surface area contributed by atoms with Gasteiger partial charge in [-0.2, -0.15) is 0 Å². The average Bonchev–Trinajstić information content (AvgIpc) is 3.16. The standard InChI is InChI=1S/C26H33NO5S/c1-5-6-7-14-32-20-12-9-18(16-21(20)30-3)10-13-23(28)27-25-24(26(29)31-4)19-11-8-17(2)15-22(19)33-25/h9-10,12-13,16-17H,5-8,11,14-15H2,1-4H3,(H,27,28). The van der Waals surface area contributed by atoms with E-state index >= 15 is 0 Å². The van der Waals surface area contributed by atoms with Crippen LogP contribution in [0.25, 0.3) is 6.08 Å². The predicted octanol–water partition coefficient (Wildman–Crippen LogP) is 5.89. The van der Waals surface area contributed by atoms with Gasteiger partial charge in [-0.15, -0.1) is 11.3 Å². The van der Waals surface area contributed by atoms with E-state index in [9.17, 15) is 9.59 Å². The number of ether oxygens (including phenoxy) is 3. The highest BCUT2D eigenvalue weighted by Crippen LogP contribution is 2.40. The van der Waals surface area contributed by atoms with E-state index in [1.807, 2.05) is 18.2 Å². The minimum Gasteiger partial charge on any atom is -0.493 e. The van der Waals surface area contributed by atoms with Gasteiger partial charge in [0.15, 0.2) is 11.5 Å². The highest BCUT2D eigenvalue weighted by atomic mass is 32.1. The molecule has 33 heavy (non-hydrogen) atoms. The maximum Gasteiger partial charge on any atom is 0.341 e. The van der Waals surface area contributed by atoms with Crippen LogP contribution in [0.1, 0.15) is 65.9 Å². The number of rotatable bonds is 10. The van der Waals surface area contributed by atoms with Crippen LogP contribution in [-0.4, -0.2) is 32.7 Å². The lowest BCUT2D eigenvalue weighted by atomic mass is 9.88. The molecule has 7 heteroatoms. The number of amides is 1. The number of fused-ring (bicyclic) bond motifs is 1.